The maximum atomic E-state index is 14.9. The van der Waals surface area contributed by atoms with Crippen LogP contribution in [-0.2, 0) is 0 Å². The number of hydrogen-bond donors (Lipinski definition) is 1. The lowest BCUT2D eigenvalue weighted by atomic mass is 9.81. The van der Waals surface area contributed by atoms with Crippen molar-refractivity contribution >= 4 is 17.4 Å². The van der Waals surface area contributed by atoms with Crippen LogP contribution in [-0.4, -0.2) is 61.1 Å². The highest BCUT2D eigenvalue weighted by atomic mass is 19.1. The third-order valence-corrected chi connectivity index (χ3v) is 7.31. The topological polar surface area (TPSA) is 38.8 Å². The number of carbonyl (C=O) groups excluding carboxylic acids is 1. The Bertz CT molecular complexity index is 953. The molecule has 2 atom stereocenters. The maximum Gasteiger partial charge on any atom is 0.321 e. The van der Waals surface area contributed by atoms with E-state index in [1.54, 1.807) is 6.07 Å². The molecule has 33 heavy (non-hydrogen) atoms. The van der Waals surface area contributed by atoms with Crippen LogP contribution in [0.2, 0.25) is 0 Å². The summed E-state index contributed by atoms with van der Waals surface area (Å²) in [6.07, 6.45) is 0.916. The van der Waals surface area contributed by atoms with Crippen molar-refractivity contribution in [3.8, 4) is 0 Å². The fourth-order valence-electron chi connectivity index (χ4n) is 5.20. The van der Waals surface area contributed by atoms with Gasteiger partial charge in [0.25, 0.3) is 0 Å². The van der Waals surface area contributed by atoms with Gasteiger partial charge in [-0.05, 0) is 56.7 Å². The SMILES string of the molecule is Cc1ccc(C2CCN(C(=O)Nc3c(F)cccc3N3CCN(C(C)C)CC3)CC2C)cc1. The lowest BCUT2D eigenvalue weighted by Crippen LogP contribution is -2.49. The molecule has 2 heterocycles. The van der Waals surface area contributed by atoms with E-state index in [0.29, 0.717) is 36.7 Å². The minimum absolute atomic E-state index is 0.212. The number of piperidine rings is 1. The quantitative estimate of drug-likeness (QED) is 0.682. The van der Waals surface area contributed by atoms with Crippen molar-refractivity contribution < 1.29 is 9.18 Å². The molecule has 2 aliphatic heterocycles. The molecule has 0 radical (unpaired) electrons. The minimum Gasteiger partial charge on any atom is -0.367 e. The van der Waals surface area contributed by atoms with Gasteiger partial charge in [0.1, 0.15) is 11.5 Å². The molecule has 2 saturated heterocycles. The third-order valence-electron chi connectivity index (χ3n) is 7.31. The predicted octanol–water partition coefficient (Wildman–Crippen LogP) is 5.32. The van der Waals surface area contributed by atoms with Gasteiger partial charge in [-0.1, -0.05) is 42.8 Å². The first kappa shape index (κ1) is 23.6. The first-order valence-corrected chi connectivity index (χ1v) is 12.2. The van der Waals surface area contributed by atoms with E-state index >= 15 is 0 Å². The number of benzene rings is 2. The Morgan fingerprint density at radius 2 is 1.73 bits per heavy atom. The number of aryl methyl sites for hydroxylation is 1. The normalized spacial score (nSPS) is 22.0. The second-order valence-electron chi connectivity index (χ2n) is 9.91. The lowest BCUT2D eigenvalue weighted by molar-refractivity contribution is 0.170. The van der Waals surface area contributed by atoms with Crippen molar-refractivity contribution in [2.45, 2.75) is 46.1 Å². The Kier molecular flexibility index (Phi) is 7.23. The number of hydrogen-bond acceptors (Lipinski definition) is 3. The second kappa shape index (κ2) is 10.1. The molecule has 0 bridgehead atoms. The summed E-state index contributed by atoms with van der Waals surface area (Å²) in [5, 5.41) is 2.92. The van der Waals surface area contributed by atoms with Gasteiger partial charge in [0.2, 0.25) is 0 Å². The number of anilines is 2. The van der Waals surface area contributed by atoms with Crippen LogP contribution in [0.5, 0.6) is 0 Å². The molecular weight excluding hydrogens is 415 g/mol. The zero-order valence-corrected chi connectivity index (χ0v) is 20.4. The van der Waals surface area contributed by atoms with E-state index < -0.39 is 0 Å². The van der Waals surface area contributed by atoms with Crippen LogP contribution in [0.4, 0.5) is 20.6 Å². The Morgan fingerprint density at radius 1 is 1.03 bits per heavy atom. The summed E-state index contributed by atoms with van der Waals surface area (Å²) in [5.74, 6) is 0.405. The average Bonchev–Trinajstić information content (AvgIpc) is 2.81. The van der Waals surface area contributed by atoms with Crippen molar-refractivity contribution in [1.29, 1.82) is 0 Å². The summed E-state index contributed by atoms with van der Waals surface area (Å²) in [4.78, 5) is 19.6. The molecule has 4 rings (SSSR count). The summed E-state index contributed by atoms with van der Waals surface area (Å²) in [6, 6.07) is 14.1. The highest BCUT2D eigenvalue weighted by molar-refractivity contribution is 5.93. The highest BCUT2D eigenvalue weighted by Gasteiger charge is 2.31. The van der Waals surface area contributed by atoms with Gasteiger partial charge in [0.05, 0.1) is 5.69 Å². The molecule has 2 amide bonds. The smallest absolute Gasteiger partial charge is 0.321 e. The van der Waals surface area contributed by atoms with E-state index in [9.17, 15) is 9.18 Å². The number of urea groups is 1. The Balaban J connectivity index is 1.42. The van der Waals surface area contributed by atoms with Gasteiger partial charge < -0.3 is 15.1 Å². The first-order valence-electron chi connectivity index (χ1n) is 12.2. The molecule has 0 aromatic heterocycles. The van der Waals surface area contributed by atoms with Gasteiger partial charge in [-0.15, -0.1) is 0 Å². The summed E-state index contributed by atoms with van der Waals surface area (Å²) in [5.41, 5.74) is 3.67. The van der Waals surface area contributed by atoms with E-state index in [4.69, 9.17) is 0 Å². The number of rotatable bonds is 4. The Hall–Kier alpha value is -2.60. The number of piperazine rings is 1. The van der Waals surface area contributed by atoms with Gasteiger partial charge in [-0.25, -0.2) is 9.18 Å². The van der Waals surface area contributed by atoms with E-state index in [1.165, 1.54) is 17.2 Å². The van der Waals surface area contributed by atoms with Crippen molar-refractivity contribution in [1.82, 2.24) is 9.80 Å². The average molecular weight is 453 g/mol. The lowest BCUT2D eigenvalue weighted by Gasteiger charge is -2.39. The van der Waals surface area contributed by atoms with Crippen LogP contribution in [0.1, 0.15) is 44.2 Å². The van der Waals surface area contributed by atoms with Crippen molar-refractivity contribution in [3.05, 3.63) is 59.4 Å². The van der Waals surface area contributed by atoms with E-state index in [1.807, 2.05) is 11.0 Å². The minimum atomic E-state index is -0.380. The van der Waals surface area contributed by atoms with Crippen LogP contribution in [0.15, 0.2) is 42.5 Å². The van der Waals surface area contributed by atoms with Crippen molar-refractivity contribution in [2.24, 2.45) is 5.92 Å². The molecule has 0 spiro atoms. The fraction of sp³-hybridized carbons (Fsp3) is 0.519. The van der Waals surface area contributed by atoms with Crippen LogP contribution in [0.3, 0.4) is 0 Å². The molecular formula is C27H37FN4O. The van der Waals surface area contributed by atoms with Gasteiger partial charge >= 0.3 is 6.03 Å². The number of nitrogens with one attached hydrogen (secondary N) is 1. The summed E-state index contributed by atoms with van der Waals surface area (Å²) in [6.45, 7) is 13.6. The molecule has 2 aliphatic rings. The summed E-state index contributed by atoms with van der Waals surface area (Å²) in [7, 11) is 0. The number of amides is 2. The highest BCUT2D eigenvalue weighted by Crippen LogP contribution is 2.34. The third kappa shape index (κ3) is 5.32. The number of nitrogens with zero attached hydrogens (tertiary/aromatic N) is 3. The standard InChI is InChI=1S/C27H37FN4O/c1-19(2)30-14-16-31(17-15-30)25-7-5-6-24(28)26(25)29-27(33)32-13-12-23(21(4)18-32)22-10-8-20(3)9-11-22/h5-11,19,21,23H,12-18H2,1-4H3,(H,29,33). The van der Waals surface area contributed by atoms with Gasteiger partial charge in [0, 0.05) is 45.3 Å². The molecule has 0 aliphatic carbocycles. The second-order valence-corrected chi connectivity index (χ2v) is 9.91. The molecule has 2 fully saturated rings. The van der Waals surface area contributed by atoms with Gasteiger partial charge in [0.15, 0.2) is 0 Å². The van der Waals surface area contributed by atoms with Crippen LogP contribution in [0.25, 0.3) is 0 Å². The molecule has 5 nitrogen and oxygen atoms in total. The molecule has 2 aromatic rings. The maximum absolute atomic E-state index is 14.9. The number of likely N-dealkylation sites (tertiary alicyclic amines) is 1. The van der Waals surface area contributed by atoms with E-state index in [-0.39, 0.29) is 11.8 Å². The molecule has 6 heteroatoms. The molecule has 1 N–H and O–H groups in total. The largest absolute Gasteiger partial charge is 0.367 e. The number of carbonyl (C=O) groups is 1. The number of para-hydroxylation sites is 1. The van der Waals surface area contributed by atoms with Crippen LogP contribution in [0, 0.1) is 18.7 Å². The Labute approximate surface area is 197 Å². The molecule has 2 unspecified atom stereocenters. The monoisotopic (exact) mass is 452 g/mol. The number of halogens is 1. The van der Waals surface area contributed by atoms with Gasteiger partial charge in [-0.3, -0.25) is 4.90 Å². The summed E-state index contributed by atoms with van der Waals surface area (Å²) >= 11 is 0. The zero-order chi connectivity index (χ0) is 23.5. The van der Waals surface area contributed by atoms with Crippen molar-refractivity contribution in [3.63, 3.8) is 0 Å². The molecule has 0 saturated carbocycles. The first-order chi connectivity index (χ1) is 15.8. The van der Waals surface area contributed by atoms with Gasteiger partial charge in [-0.2, -0.15) is 0 Å². The van der Waals surface area contributed by atoms with Crippen LogP contribution >= 0.6 is 0 Å². The molecule has 178 valence electrons. The predicted molar refractivity (Wildman–Crippen MR) is 134 cm³/mol. The Morgan fingerprint density at radius 3 is 2.36 bits per heavy atom. The summed E-state index contributed by atoms with van der Waals surface area (Å²) < 4.78 is 14.9. The van der Waals surface area contributed by atoms with E-state index in [0.717, 1.165) is 38.3 Å². The molecule has 2 aromatic carbocycles. The van der Waals surface area contributed by atoms with Crippen molar-refractivity contribution in [2.75, 3.05) is 49.5 Å². The fourth-order valence-corrected chi connectivity index (χ4v) is 5.20. The zero-order valence-electron chi connectivity index (χ0n) is 20.4. The van der Waals surface area contributed by atoms with Crippen LogP contribution < -0.4 is 10.2 Å². The van der Waals surface area contributed by atoms with E-state index in [2.05, 4.69) is 67.1 Å².